The van der Waals surface area contributed by atoms with Crippen LogP contribution in [0.2, 0.25) is 0 Å². The molecule has 3 rings (SSSR count). The summed E-state index contributed by atoms with van der Waals surface area (Å²) in [4.78, 5) is 18.5. The standard InChI is InChI=1S/C14H17NO2.C5H11N2.2ClH.Ru/c1-11-7-3-4-8-13(11)17-12(2)14(16)15-9-5-6-10-15;1-6-3-4-7(2)5-6;;;/h1,3-4,7-8,12H,5-6,9-10H2,2H3;5H,3-4H2,1-2H3;2*1H;/q;-1;;;+2/p-2. The zero-order chi connectivity index (χ0) is 19.8. The van der Waals surface area contributed by atoms with Crippen molar-refractivity contribution in [3.05, 3.63) is 36.5 Å². The molecule has 8 heteroatoms. The number of hydrogen-bond donors (Lipinski definition) is 0. The molecule has 0 bridgehead atoms. The number of carbonyl (C=O) groups is 1. The fourth-order valence-corrected chi connectivity index (χ4v) is 4.76. The van der Waals surface area contributed by atoms with Gasteiger partial charge in [0.25, 0.3) is 0 Å². The Labute approximate surface area is 175 Å². The van der Waals surface area contributed by atoms with Crippen LogP contribution >= 0.6 is 19.4 Å². The van der Waals surface area contributed by atoms with Gasteiger partial charge in [-0.2, -0.15) is 0 Å². The summed E-state index contributed by atoms with van der Waals surface area (Å²) < 4.78 is 7.63. The van der Waals surface area contributed by atoms with Crippen molar-refractivity contribution in [1.29, 1.82) is 0 Å². The van der Waals surface area contributed by atoms with Crippen LogP contribution in [0, 0.1) is 6.67 Å². The Morgan fingerprint density at radius 2 is 1.74 bits per heavy atom. The predicted molar refractivity (Wildman–Crippen MR) is 109 cm³/mol. The quantitative estimate of drug-likeness (QED) is 0.469. The van der Waals surface area contributed by atoms with E-state index in [1.165, 1.54) is 13.1 Å². The van der Waals surface area contributed by atoms with E-state index in [2.05, 4.69) is 30.6 Å². The normalized spacial score (nSPS) is 19.3. The molecule has 0 saturated carbocycles. The van der Waals surface area contributed by atoms with Crippen LogP contribution in [-0.4, -0.2) is 71.6 Å². The maximum absolute atomic E-state index is 12.2. The van der Waals surface area contributed by atoms with Crippen LogP contribution in [0.4, 0.5) is 0 Å². The molecule has 2 aliphatic heterocycles. The molecule has 2 heterocycles. The predicted octanol–water partition coefficient (Wildman–Crippen LogP) is 3.14. The van der Waals surface area contributed by atoms with Gasteiger partial charge in [0, 0.05) is 0 Å². The number of likely N-dealkylation sites (tertiary alicyclic amines) is 1. The van der Waals surface area contributed by atoms with Gasteiger partial charge in [-0.15, -0.1) is 0 Å². The molecule has 2 fully saturated rings. The fourth-order valence-electron chi connectivity index (χ4n) is 2.96. The summed E-state index contributed by atoms with van der Waals surface area (Å²) in [5, 5.41) is 0. The van der Waals surface area contributed by atoms with E-state index in [1.54, 1.807) is 6.92 Å². The summed E-state index contributed by atoms with van der Waals surface area (Å²) in [5.74, 6) is 0.704. The maximum Gasteiger partial charge on any atom is -0.0187 e. The largest absolute Gasteiger partial charge is 0.444 e. The van der Waals surface area contributed by atoms with Crippen LogP contribution in [0.5, 0.6) is 5.75 Å². The Bertz CT molecular complexity index is 642. The molecule has 0 aromatic heterocycles. The van der Waals surface area contributed by atoms with Gasteiger partial charge in [-0.3, -0.25) is 0 Å². The number of nitrogens with zero attached hydrogens (tertiary/aromatic N) is 3. The van der Waals surface area contributed by atoms with Gasteiger partial charge in [-0.25, -0.2) is 6.67 Å². The van der Waals surface area contributed by atoms with Gasteiger partial charge < -0.3 is 9.80 Å². The van der Waals surface area contributed by atoms with Crippen molar-refractivity contribution in [3.8, 4) is 5.75 Å². The first-order chi connectivity index (χ1) is 12.9. The number of benzene rings is 1. The van der Waals surface area contributed by atoms with Crippen molar-refractivity contribution < 1.29 is 23.0 Å². The number of halogens is 2. The van der Waals surface area contributed by atoms with Crippen LogP contribution < -0.4 is 4.74 Å². The average molecular weight is 502 g/mol. The summed E-state index contributed by atoms with van der Waals surface area (Å²) in [6, 6.07) is 7.51. The van der Waals surface area contributed by atoms with E-state index in [0.29, 0.717) is 5.75 Å². The zero-order valence-electron chi connectivity index (χ0n) is 16.1. The van der Waals surface area contributed by atoms with Crippen molar-refractivity contribution in [2.24, 2.45) is 0 Å². The van der Waals surface area contributed by atoms with Crippen LogP contribution in [0.3, 0.4) is 0 Å². The van der Waals surface area contributed by atoms with Crippen LogP contribution in [0.25, 0.3) is 0 Å². The first-order valence-corrected chi connectivity index (χ1v) is 14.5. The minimum absolute atomic E-state index is 0.0447. The van der Waals surface area contributed by atoms with Crippen LogP contribution in [0.15, 0.2) is 24.3 Å². The second-order valence-electron chi connectivity index (χ2n) is 6.71. The number of ether oxygens (including phenoxy) is 1. The van der Waals surface area contributed by atoms with E-state index >= 15 is 0 Å². The van der Waals surface area contributed by atoms with Crippen molar-refractivity contribution in [2.45, 2.75) is 25.9 Å². The molecule has 1 aromatic rings. The van der Waals surface area contributed by atoms with Gasteiger partial charge in [-0.1, -0.05) is 0 Å². The first-order valence-electron chi connectivity index (χ1n) is 9.00. The molecular formula is C19H28Cl2N3O2Ru-. The molecule has 0 aliphatic carbocycles. The third kappa shape index (κ3) is 7.79. The molecule has 154 valence electrons. The van der Waals surface area contributed by atoms with Crippen molar-refractivity contribution in [3.63, 3.8) is 0 Å². The van der Waals surface area contributed by atoms with Crippen molar-refractivity contribution in [2.75, 3.05) is 40.3 Å². The van der Waals surface area contributed by atoms with Gasteiger partial charge in [0.05, 0.1) is 0 Å². The molecule has 5 nitrogen and oxygen atoms in total. The van der Waals surface area contributed by atoms with Gasteiger partial charge in [0.2, 0.25) is 0 Å². The van der Waals surface area contributed by atoms with E-state index in [9.17, 15) is 4.79 Å². The number of likely N-dealkylation sites (N-methyl/N-ethyl adjacent to an activating group) is 2. The molecule has 1 amide bonds. The Morgan fingerprint density at radius 1 is 1.15 bits per heavy atom. The topological polar surface area (TPSA) is 36.0 Å². The first kappa shape index (κ1) is 22.8. The minimum Gasteiger partial charge on any atom is -0.444 e. The number of amides is 1. The van der Waals surface area contributed by atoms with Crippen molar-refractivity contribution >= 4 is 29.9 Å². The van der Waals surface area contributed by atoms with Gasteiger partial charge >= 0.3 is 132 Å². The summed E-state index contributed by atoms with van der Waals surface area (Å²) in [6.07, 6.45) is 1.66. The molecule has 1 atom stereocenters. The molecule has 2 saturated heterocycles. The van der Waals surface area contributed by atoms with Gasteiger partial charge in [0.15, 0.2) is 0 Å². The summed E-state index contributed by atoms with van der Waals surface area (Å²) >= 11 is -1.91. The molecule has 0 spiro atoms. The van der Waals surface area contributed by atoms with E-state index in [-0.39, 0.29) is 5.91 Å². The second kappa shape index (κ2) is 11.5. The molecule has 2 aliphatic rings. The Kier molecular flexibility index (Phi) is 9.68. The number of para-hydroxylation sites is 1. The Hall–Kier alpha value is -0.517. The van der Waals surface area contributed by atoms with Gasteiger partial charge in [-0.05, 0) is 27.2 Å². The average Bonchev–Trinajstić information content (AvgIpc) is 3.28. The summed E-state index contributed by atoms with van der Waals surface area (Å²) in [7, 11) is 16.0. The smallest absolute Gasteiger partial charge is 0.0187 e. The summed E-state index contributed by atoms with van der Waals surface area (Å²) in [5.41, 5.74) is 0.859. The third-order valence-corrected chi connectivity index (χ3v) is 6.21. The second-order valence-corrected chi connectivity index (χ2v) is 12.4. The van der Waals surface area contributed by atoms with E-state index in [4.69, 9.17) is 24.1 Å². The molecule has 1 unspecified atom stereocenters. The molecule has 0 N–H and O–H groups in total. The molecular weight excluding hydrogens is 474 g/mol. The van der Waals surface area contributed by atoms with Crippen LogP contribution in [-0.2, 0) is 18.3 Å². The number of carbonyl (C=O) groups excluding carboxylic acids is 1. The van der Waals surface area contributed by atoms with E-state index < -0.39 is 19.6 Å². The Balaban J connectivity index is 0.000000313. The number of hydrogen-bond acceptors (Lipinski definition) is 4. The maximum atomic E-state index is 12.2. The van der Waals surface area contributed by atoms with E-state index in [1.807, 2.05) is 33.8 Å². The van der Waals surface area contributed by atoms with Crippen LogP contribution in [0.1, 0.15) is 25.3 Å². The fraction of sp³-hybridized carbons (Fsp3) is 0.526. The molecule has 27 heavy (non-hydrogen) atoms. The van der Waals surface area contributed by atoms with E-state index in [0.717, 1.165) is 31.5 Å². The number of rotatable bonds is 4. The SMILES string of the molecule is CC(Oc1ccccc1[CH]=[Ru]([Cl])[Cl])C(=O)N1CCCC1.CN1[CH-]N(C)CC1. The molecule has 1 aromatic carbocycles. The zero-order valence-corrected chi connectivity index (χ0v) is 19.3. The summed E-state index contributed by atoms with van der Waals surface area (Å²) in [6.45, 7) is 7.92. The minimum atomic E-state index is -1.91. The Morgan fingerprint density at radius 3 is 2.26 bits per heavy atom. The monoisotopic (exact) mass is 502 g/mol. The van der Waals surface area contributed by atoms with Gasteiger partial charge in [0.1, 0.15) is 0 Å². The molecule has 0 radical (unpaired) electrons. The van der Waals surface area contributed by atoms with Crippen molar-refractivity contribution in [1.82, 2.24) is 14.7 Å². The third-order valence-electron chi connectivity index (χ3n) is 4.38.